The third kappa shape index (κ3) is 4.23. The van der Waals surface area contributed by atoms with E-state index >= 15 is 0 Å². The molecular formula is C28H31NO5. The van der Waals surface area contributed by atoms with E-state index in [0.29, 0.717) is 23.6 Å². The van der Waals surface area contributed by atoms with E-state index in [9.17, 15) is 14.7 Å². The summed E-state index contributed by atoms with van der Waals surface area (Å²) in [4.78, 5) is 25.4. The first-order valence-electron chi connectivity index (χ1n) is 12.1. The van der Waals surface area contributed by atoms with Crippen molar-refractivity contribution in [2.45, 2.75) is 70.0 Å². The van der Waals surface area contributed by atoms with Crippen LogP contribution in [0.3, 0.4) is 0 Å². The smallest absolute Gasteiger partial charge is 0.338 e. The molecule has 2 aliphatic rings. The van der Waals surface area contributed by atoms with Crippen LogP contribution in [0.1, 0.15) is 73.9 Å². The van der Waals surface area contributed by atoms with Crippen molar-refractivity contribution in [2.75, 3.05) is 5.32 Å². The summed E-state index contributed by atoms with van der Waals surface area (Å²) in [5.74, 6) is -0.444. The number of hydrogen-bond acceptors (Lipinski definition) is 5. The fourth-order valence-electron chi connectivity index (χ4n) is 5.75. The molecule has 0 saturated heterocycles. The molecule has 178 valence electrons. The Balaban J connectivity index is 1.44. The Morgan fingerprint density at radius 1 is 1.15 bits per heavy atom. The van der Waals surface area contributed by atoms with Crippen LogP contribution in [-0.4, -0.2) is 22.6 Å². The fraction of sp³-hybridized carbons (Fsp3) is 0.429. The molecular weight excluding hydrogens is 430 g/mol. The highest BCUT2D eigenvalue weighted by molar-refractivity contribution is 5.99. The van der Waals surface area contributed by atoms with Crippen molar-refractivity contribution in [1.82, 2.24) is 0 Å². The molecule has 0 spiro atoms. The average Bonchev–Trinajstić information content (AvgIpc) is 3.54. The zero-order valence-electron chi connectivity index (χ0n) is 19.7. The number of rotatable bonds is 7. The van der Waals surface area contributed by atoms with Gasteiger partial charge in [0.2, 0.25) is 0 Å². The van der Waals surface area contributed by atoms with Crippen LogP contribution in [0.2, 0.25) is 0 Å². The summed E-state index contributed by atoms with van der Waals surface area (Å²) in [6, 6.07) is 13.0. The van der Waals surface area contributed by atoms with Crippen LogP contribution < -0.4 is 5.32 Å². The first-order chi connectivity index (χ1) is 16.2. The van der Waals surface area contributed by atoms with Gasteiger partial charge in [0.1, 0.15) is 17.8 Å². The molecule has 1 fully saturated rings. The maximum atomic E-state index is 13.6. The van der Waals surface area contributed by atoms with E-state index in [0.717, 1.165) is 47.8 Å². The quantitative estimate of drug-likeness (QED) is 0.439. The predicted molar refractivity (Wildman–Crippen MR) is 130 cm³/mol. The van der Waals surface area contributed by atoms with E-state index in [-0.39, 0.29) is 19.0 Å². The third-order valence-corrected chi connectivity index (χ3v) is 7.41. The van der Waals surface area contributed by atoms with Gasteiger partial charge >= 0.3 is 5.97 Å². The summed E-state index contributed by atoms with van der Waals surface area (Å²) >= 11 is 0. The number of para-hydroxylation sites is 1. The van der Waals surface area contributed by atoms with Crippen molar-refractivity contribution >= 4 is 28.5 Å². The fourth-order valence-corrected chi connectivity index (χ4v) is 5.75. The maximum absolute atomic E-state index is 13.6. The number of nitrogens with one attached hydrogen (secondary N) is 1. The van der Waals surface area contributed by atoms with Crippen molar-refractivity contribution < 1.29 is 23.8 Å². The number of furan rings is 1. The lowest BCUT2D eigenvalue weighted by atomic mass is 9.71. The molecule has 0 bridgehead atoms. The van der Waals surface area contributed by atoms with E-state index < -0.39 is 16.9 Å². The molecule has 3 aromatic rings. The van der Waals surface area contributed by atoms with Gasteiger partial charge in [0.25, 0.3) is 5.91 Å². The van der Waals surface area contributed by atoms with Gasteiger partial charge in [-0.05, 0) is 48.4 Å². The van der Waals surface area contributed by atoms with Crippen molar-refractivity contribution in [3.63, 3.8) is 0 Å². The monoisotopic (exact) mass is 461 g/mol. The second kappa shape index (κ2) is 8.58. The number of carbonyl (C=O) groups is 2. The molecule has 0 radical (unpaired) electrons. The highest BCUT2D eigenvalue weighted by atomic mass is 16.5. The summed E-state index contributed by atoms with van der Waals surface area (Å²) < 4.78 is 10.8. The van der Waals surface area contributed by atoms with Gasteiger partial charge in [-0.3, -0.25) is 4.79 Å². The Kier molecular flexibility index (Phi) is 5.72. The maximum Gasteiger partial charge on any atom is 0.338 e. The molecule has 1 aliphatic carbocycles. The Labute approximate surface area is 199 Å². The highest BCUT2D eigenvalue weighted by Gasteiger charge is 2.44. The molecule has 6 heteroatoms. The zero-order chi connectivity index (χ0) is 23.9. The average molecular weight is 462 g/mol. The third-order valence-electron chi connectivity index (χ3n) is 7.41. The van der Waals surface area contributed by atoms with Crippen LogP contribution in [0.4, 0.5) is 5.69 Å². The predicted octanol–water partition coefficient (Wildman–Crippen LogP) is 5.72. The highest BCUT2D eigenvalue weighted by Crippen LogP contribution is 2.42. The summed E-state index contributed by atoms with van der Waals surface area (Å²) in [7, 11) is 0. The summed E-state index contributed by atoms with van der Waals surface area (Å²) in [5.41, 5.74) is 1.51. The minimum absolute atomic E-state index is 0.199. The number of esters is 1. The molecule has 6 nitrogen and oxygen atoms in total. The largest absolute Gasteiger partial charge is 0.464 e. The molecule has 2 N–H and O–H groups in total. The molecule has 34 heavy (non-hydrogen) atoms. The standard InChI is InChI=1S/C28H31NO5/c1-27(2,23-9-5-8-19-12-13-33-24(19)23)17-28(32,15-18-6-3-4-7-18)26(31)29-21-10-11-22-20(14-21)16-34-25(22)30/h5,8-14,18,32H,3-4,6-7,15-17H2,1-2H3,(H,29,31). The van der Waals surface area contributed by atoms with Gasteiger partial charge in [-0.2, -0.15) is 0 Å². The number of hydrogen-bond donors (Lipinski definition) is 2. The first-order valence-corrected chi connectivity index (χ1v) is 12.1. The Morgan fingerprint density at radius 2 is 1.94 bits per heavy atom. The van der Waals surface area contributed by atoms with Gasteiger partial charge in [-0.25, -0.2) is 4.79 Å². The molecule has 2 aromatic carbocycles. The van der Waals surface area contributed by atoms with E-state index in [1.54, 1.807) is 24.5 Å². The van der Waals surface area contributed by atoms with Crippen LogP contribution in [0.15, 0.2) is 53.1 Å². The second-order valence-corrected chi connectivity index (χ2v) is 10.5. The van der Waals surface area contributed by atoms with Crippen LogP contribution >= 0.6 is 0 Å². The number of fused-ring (bicyclic) bond motifs is 2. The van der Waals surface area contributed by atoms with E-state index in [1.165, 1.54) is 0 Å². The number of cyclic esters (lactones) is 1. The molecule has 1 atom stereocenters. The van der Waals surface area contributed by atoms with Crippen molar-refractivity contribution in [3.05, 3.63) is 65.4 Å². The lowest BCUT2D eigenvalue weighted by Gasteiger charge is -2.37. The van der Waals surface area contributed by atoms with Crippen LogP contribution in [0, 0.1) is 5.92 Å². The molecule has 1 saturated carbocycles. The van der Waals surface area contributed by atoms with E-state index in [2.05, 4.69) is 19.2 Å². The van der Waals surface area contributed by atoms with Crippen molar-refractivity contribution in [3.8, 4) is 0 Å². The van der Waals surface area contributed by atoms with Crippen molar-refractivity contribution in [1.29, 1.82) is 0 Å². The minimum atomic E-state index is -1.56. The number of amides is 1. The van der Waals surface area contributed by atoms with Gasteiger partial charge in [-0.1, -0.05) is 57.7 Å². The molecule has 1 aromatic heterocycles. The zero-order valence-corrected chi connectivity index (χ0v) is 19.7. The summed E-state index contributed by atoms with van der Waals surface area (Å²) in [6.07, 6.45) is 6.68. The SMILES string of the molecule is CC(C)(CC(O)(CC1CCCC1)C(=O)Nc1ccc2c(c1)COC2=O)c1cccc2ccoc12. The molecule has 1 aliphatic heterocycles. The van der Waals surface area contributed by atoms with Gasteiger partial charge in [-0.15, -0.1) is 0 Å². The number of aliphatic hydroxyl groups is 1. The minimum Gasteiger partial charge on any atom is -0.464 e. The topological polar surface area (TPSA) is 88.8 Å². The number of benzene rings is 2. The molecule has 1 unspecified atom stereocenters. The Hall–Kier alpha value is -3.12. The van der Waals surface area contributed by atoms with Gasteiger partial charge in [0.05, 0.1) is 11.8 Å². The lowest BCUT2D eigenvalue weighted by Crippen LogP contribution is -2.48. The number of carbonyl (C=O) groups excluding carboxylic acids is 2. The molecule has 2 heterocycles. The van der Waals surface area contributed by atoms with Crippen molar-refractivity contribution in [2.24, 2.45) is 5.92 Å². The van der Waals surface area contributed by atoms with E-state index in [1.807, 2.05) is 24.3 Å². The summed E-state index contributed by atoms with van der Waals surface area (Å²) in [6.45, 7) is 4.30. The van der Waals surface area contributed by atoms with Gasteiger partial charge in [0, 0.05) is 22.2 Å². The van der Waals surface area contributed by atoms with Crippen LogP contribution in [-0.2, 0) is 21.6 Å². The van der Waals surface area contributed by atoms with Crippen LogP contribution in [0.5, 0.6) is 0 Å². The molecule has 1 amide bonds. The Bertz CT molecular complexity index is 1240. The van der Waals surface area contributed by atoms with Gasteiger partial charge < -0.3 is 19.6 Å². The number of ether oxygens (including phenoxy) is 1. The first kappa shape index (κ1) is 22.7. The normalized spacial score (nSPS) is 18.0. The lowest BCUT2D eigenvalue weighted by molar-refractivity contribution is -0.138. The summed E-state index contributed by atoms with van der Waals surface area (Å²) in [5, 5.41) is 15.9. The van der Waals surface area contributed by atoms with Gasteiger partial charge in [0.15, 0.2) is 0 Å². The Morgan fingerprint density at radius 3 is 2.74 bits per heavy atom. The molecule has 5 rings (SSSR count). The van der Waals surface area contributed by atoms with Crippen LogP contribution in [0.25, 0.3) is 11.0 Å². The second-order valence-electron chi connectivity index (χ2n) is 10.5. The van der Waals surface area contributed by atoms with E-state index in [4.69, 9.17) is 9.15 Å². The number of anilines is 1.